The molecule has 5 nitrogen and oxygen atoms in total. The Morgan fingerprint density at radius 1 is 1.38 bits per heavy atom. The molecular formula is C10H9NO4S. The molecule has 0 saturated heterocycles. The lowest BCUT2D eigenvalue weighted by atomic mass is 9.95. The highest BCUT2D eigenvalue weighted by atomic mass is 32.1. The summed E-state index contributed by atoms with van der Waals surface area (Å²) in [6.45, 7) is 0. The third-order valence-corrected chi connectivity index (χ3v) is 3.46. The number of carbonyl (C=O) groups excluding carboxylic acids is 1. The lowest BCUT2D eigenvalue weighted by molar-refractivity contribution is -0.380. The Hall–Kier alpha value is -1.69. The fraction of sp³-hybridized carbons (Fsp3) is 0.300. The van der Waals surface area contributed by atoms with Gasteiger partial charge in [-0.1, -0.05) is 11.3 Å². The predicted octanol–water partition coefficient (Wildman–Crippen LogP) is 2.68. The summed E-state index contributed by atoms with van der Waals surface area (Å²) in [5, 5.41) is 20.1. The summed E-state index contributed by atoms with van der Waals surface area (Å²) in [5.74, 6) is -0.0894. The van der Waals surface area contributed by atoms with Gasteiger partial charge < -0.3 is 5.11 Å². The average Bonchev–Trinajstić information content (AvgIpc) is 2.66. The van der Waals surface area contributed by atoms with Gasteiger partial charge in [0.15, 0.2) is 5.78 Å². The fourth-order valence-electron chi connectivity index (χ4n) is 1.67. The lowest BCUT2D eigenvalue weighted by Gasteiger charge is -2.13. The van der Waals surface area contributed by atoms with Gasteiger partial charge in [0.25, 0.3) is 0 Å². The molecule has 1 N–H and O–H groups in total. The molecule has 2 rings (SSSR count). The van der Waals surface area contributed by atoms with Crippen LogP contribution in [0.15, 0.2) is 17.9 Å². The monoisotopic (exact) mass is 239 g/mol. The molecule has 1 aliphatic rings. The number of rotatable bonds is 2. The Morgan fingerprint density at radius 2 is 2.12 bits per heavy atom. The first-order valence-corrected chi connectivity index (χ1v) is 5.61. The Balaban J connectivity index is 2.42. The fourth-order valence-corrected chi connectivity index (χ4v) is 2.57. The zero-order valence-corrected chi connectivity index (χ0v) is 9.12. The number of carbonyl (C=O) groups is 1. The van der Waals surface area contributed by atoms with Crippen LogP contribution in [-0.2, 0) is 4.79 Å². The van der Waals surface area contributed by atoms with Crippen molar-refractivity contribution >= 4 is 27.7 Å². The summed E-state index contributed by atoms with van der Waals surface area (Å²) >= 11 is 0.917. The highest BCUT2D eigenvalue weighted by molar-refractivity contribution is 7.16. The van der Waals surface area contributed by atoms with Gasteiger partial charge in [0, 0.05) is 23.8 Å². The second-order valence-corrected chi connectivity index (χ2v) is 4.56. The van der Waals surface area contributed by atoms with E-state index in [4.69, 9.17) is 0 Å². The maximum absolute atomic E-state index is 11.6. The number of allylic oxidation sites excluding steroid dienone is 2. The number of Topliss-reactive ketones (excluding diaryl/α,β-unsaturated/α-hetero) is 1. The smallest absolute Gasteiger partial charge is 0.324 e. The topological polar surface area (TPSA) is 80.4 Å². The molecule has 0 radical (unpaired) electrons. The highest BCUT2D eigenvalue weighted by Crippen LogP contribution is 2.35. The van der Waals surface area contributed by atoms with E-state index in [1.165, 1.54) is 12.1 Å². The third-order valence-electron chi connectivity index (χ3n) is 2.40. The second-order valence-electron chi connectivity index (χ2n) is 3.49. The molecule has 0 atom stereocenters. The molecule has 0 fully saturated rings. The molecule has 0 unspecified atom stereocenters. The molecule has 0 amide bonds. The van der Waals surface area contributed by atoms with Crippen LogP contribution in [0.1, 0.15) is 24.1 Å². The molecule has 1 aromatic rings. The Kier molecular flexibility index (Phi) is 2.74. The van der Waals surface area contributed by atoms with E-state index in [9.17, 15) is 20.0 Å². The number of hydrogen-bond donors (Lipinski definition) is 1. The largest absolute Gasteiger partial charge is 0.512 e. The van der Waals surface area contributed by atoms with Gasteiger partial charge in [-0.15, -0.1) is 0 Å². The van der Waals surface area contributed by atoms with Crippen molar-refractivity contribution in [2.24, 2.45) is 0 Å². The SMILES string of the molecule is O=C1CCCC(O)=C1c1ccc([N+](=O)[O-])s1. The second kappa shape index (κ2) is 4.05. The van der Waals surface area contributed by atoms with Crippen LogP contribution in [0.4, 0.5) is 5.00 Å². The summed E-state index contributed by atoms with van der Waals surface area (Å²) in [4.78, 5) is 22.1. The Labute approximate surface area is 95.2 Å². The van der Waals surface area contributed by atoms with E-state index >= 15 is 0 Å². The van der Waals surface area contributed by atoms with Gasteiger partial charge in [-0.2, -0.15) is 0 Å². The summed E-state index contributed by atoms with van der Waals surface area (Å²) in [7, 11) is 0. The molecular weight excluding hydrogens is 230 g/mol. The number of aliphatic hydroxyl groups excluding tert-OH is 1. The summed E-state index contributed by atoms with van der Waals surface area (Å²) in [6, 6.07) is 2.86. The molecule has 0 spiro atoms. The standard InChI is InChI=1S/C10H9NO4S/c12-6-2-1-3-7(13)10(6)8-4-5-9(16-8)11(14)15/h4-5,12H,1-3H2. The summed E-state index contributed by atoms with van der Waals surface area (Å²) in [5.41, 5.74) is 0.254. The van der Waals surface area contributed by atoms with Gasteiger partial charge in [0.1, 0.15) is 5.76 Å². The number of hydrogen-bond acceptors (Lipinski definition) is 5. The van der Waals surface area contributed by atoms with Gasteiger partial charge in [-0.25, -0.2) is 0 Å². The molecule has 1 aliphatic carbocycles. The number of thiophene rings is 1. The summed E-state index contributed by atoms with van der Waals surface area (Å²) < 4.78 is 0. The highest BCUT2D eigenvalue weighted by Gasteiger charge is 2.24. The van der Waals surface area contributed by atoms with Crippen LogP contribution in [0.2, 0.25) is 0 Å². The zero-order valence-electron chi connectivity index (χ0n) is 8.30. The average molecular weight is 239 g/mol. The quantitative estimate of drug-likeness (QED) is 0.635. The van der Waals surface area contributed by atoms with E-state index in [1.807, 2.05) is 0 Å². The van der Waals surface area contributed by atoms with Gasteiger partial charge in [0.2, 0.25) is 0 Å². The molecule has 1 aromatic heterocycles. The van der Waals surface area contributed by atoms with Gasteiger partial charge >= 0.3 is 5.00 Å². The van der Waals surface area contributed by atoms with Crippen molar-refractivity contribution in [3.8, 4) is 0 Å². The minimum atomic E-state index is -0.501. The van der Waals surface area contributed by atoms with E-state index in [1.54, 1.807) is 0 Å². The first-order chi connectivity index (χ1) is 7.59. The van der Waals surface area contributed by atoms with Crippen molar-refractivity contribution in [1.82, 2.24) is 0 Å². The van der Waals surface area contributed by atoms with E-state index in [-0.39, 0.29) is 22.1 Å². The maximum atomic E-state index is 11.6. The normalized spacial score (nSPS) is 16.6. The molecule has 0 aliphatic heterocycles. The minimum Gasteiger partial charge on any atom is -0.512 e. The van der Waals surface area contributed by atoms with Crippen LogP contribution in [0.3, 0.4) is 0 Å². The predicted molar refractivity (Wildman–Crippen MR) is 59.4 cm³/mol. The van der Waals surface area contributed by atoms with Crippen LogP contribution < -0.4 is 0 Å². The van der Waals surface area contributed by atoms with Gasteiger partial charge in [0.05, 0.1) is 10.5 Å². The summed E-state index contributed by atoms with van der Waals surface area (Å²) in [6.07, 6.45) is 1.50. The molecule has 0 bridgehead atoms. The van der Waals surface area contributed by atoms with E-state index < -0.39 is 4.92 Å². The third kappa shape index (κ3) is 1.83. The zero-order chi connectivity index (χ0) is 11.7. The number of nitro groups is 1. The van der Waals surface area contributed by atoms with E-state index in [0.717, 1.165) is 11.3 Å². The first kappa shape index (κ1) is 10.8. The van der Waals surface area contributed by atoms with Gasteiger partial charge in [-0.05, 0) is 12.5 Å². The molecule has 6 heteroatoms. The van der Waals surface area contributed by atoms with Crippen LogP contribution in [-0.4, -0.2) is 15.8 Å². The van der Waals surface area contributed by atoms with Gasteiger partial charge in [-0.3, -0.25) is 14.9 Å². The van der Waals surface area contributed by atoms with Crippen molar-refractivity contribution in [1.29, 1.82) is 0 Å². The molecule has 16 heavy (non-hydrogen) atoms. The van der Waals surface area contributed by atoms with E-state index in [0.29, 0.717) is 24.1 Å². The minimum absolute atomic E-state index is 0.0197. The van der Waals surface area contributed by atoms with Crippen molar-refractivity contribution in [3.05, 3.63) is 32.9 Å². The Morgan fingerprint density at radius 3 is 2.69 bits per heavy atom. The van der Waals surface area contributed by atoms with Crippen molar-refractivity contribution in [3.63, 3.8) is 0 Å². The molecule has 1 heterocycles. The Bertz CT molecular complexity index is 489. The molecule has 0 aromatic carbocycles. The number of nitrogens with zero attached hydrogens (tertiary/aromatic N) is 1. The number of aliphatic hydroxyl groups is 1. The lowest BCUT2D eigenvalue weighted by Crippen LogP contribution is -2.09. The maximum Gasteiger partial charge on any atom is 0.324 e. The molecule has 84 valence electrons. The van der Waals surface area contributed by atoms with Crippen molar-refractivity contribution in [2.75, 3.05) is 0 Å². The molecule has 0 saturated carbocycles. The van der Waals surface area contributed by atoms with Crippen LogP contribution in [0, 0.1) is 10.1 Å². The van der Waals surface area contributed by atoms with E-state index in [2.05, 4.69) is 0 Å². The number of ketones is 1. The van der Waals surface area contributed by atoms with Crippen LogP contribution in [0.5, 0.6) is 0 Å². The van der Waals surface area contributed by atoms with Crippen molar-refractivity contribution < 1.29 is 14.8 Å². The first-order valence-electron chi connectivity index (χ1n) is 4.79. The van der Waals surface area contributed by atoms with Crippen LogP contribution in [0.25, 0.3) is 5.57 Å². The van der Waals surface area contributed by atoms with Crippen molar-refractivity contribution in [2.45, 2.75) is 19.3 Å². The van der Waals surface area contributed by atoms with Crippen LogP contribution >= 0.6 is 11.3 Å².